The number of aromatic amines is 1. The maximum Gasteiger partial charge on any atom is 0.224 e. The number of fused-ring (bicyclic) bond motifs is 1. The number of aromatic nitrogens is 1. The first-order chi connectivity index (χ1) is 13.5. The van der Waals surface area contributed by atoms with Crippen LogP contribution in [0.1, 0.15) is 30.5 Å². The maximum absolute atomic E-state index is 13.4. The van der Waals surface area contributed by atoms with Crippen molar-refractivity contribution in [1.29, 1.82) is 0 Å². The average molecular weight is 400 g/mol. The molecule has 1 fully saturated rings. The third-order valence-corrected chi connectivity index (χ3v) is 5.47. The zero-order valence-corrected chi connectivity index (χ0v) is 16.2. The zero-order chi connectivity index (χ0) is 19.5. The summed E-state index contributed by atoms with van der Waals surface area (Å²) in [5, 5.41) is 8.17. The Kier molecular flexibility index (Phi) is 5.64. The Labute approximate surface area is 168 Å². The van der Waals surface area contributed by atoms with Crippen molar-refractivity contribution in [1.82, 2.24) is 15.6 Å². The first-order valence-electron chi connectivity index (χ1n) is 9.59. The number of halogens is 2. The van der Waals surface area contributed by atoms with Gasteiger partial charge < -0.3 is 15.6 Å². The van der Waals surface area contributed by atoms with Gasteiger partial charge in [-0.15, -0.1) is 0 Å². The lowest BCUT2D eigenvalue weighted by molar-refractivity contribution is -0.121. The second-order valence-corrected chi connectivity index (χ2v) is 7.93. The van der Waals surface area contributed by atoms with Crippen molar-refractivity contribution in [3.8, 4) is 0 Å². The molecule has 3 N–H and O–H groups in total. The highest BCUT2D eigenvalue weighted by Crippen LogP contribution is 2.21. The van der Waals surface area contributed by atoms with Gasteiger partial charge >= 0.3 is 0 Å². The number of amides is 1. The topological polar surface area (TPSA) is 56.9 Å². The van der Waals surface area contributed by atoms with Crippen LogP contribution in [0.5, 0.6) is 0 Å². The molecule has 0 saturated heterocycles. The van der Waals surface area contributed by atoms with Crippen LogP contribution in [0.25, 0.3) is 10.9 Å². The van der Waals surface area contributed by atoms with Crippen molar-refractivity contribution >= 4 is 28.4 Å². The summed E-state index contributed by atoms with van der Waals surface area (Å²) < 4.78 is 13.4. The summed E-state index contributed by atoms with van der Waals surface area (Å²) in [7, 11) is 0. The summed E-state index contributed by atoms with van der Waals surface area (Å²) in [4.78, 5) is 15.7. The molecule has 4 rings (SSSR count). The molecule has 0 bridgehead atoms. The standard InChI is InChI=1S/C22H23ClFN3O/c23-16-7-14(8-17(24)11-16)9-22(28)27-19-6-5-18(12-19)25-13-20-10-15-3-1-2-4-21(15)26-20/h1-4,7-8,10-11,18-19,25-26H,5-6,9,12-13H2,(H,27,28)/t18-,19+/m0/s1. The van der Waals surface area contributed by atoms with Crippen LogP contribution in [0.2, 0.25) is 5.02 Å². The largest absolute Gasteiger partial charge is 0.357 e. The van der Waals surface area contributed by atoms with Gasteiger partial charge in [0.1, 0.15) is 5.82 Å². The van der Waals surface area contributed by atoms with Crippen molar-refractivity contribution in [2.75, 3.05) is 0 Å². The third-order valence-electron chi connectivity index (χ3n) is 5.25. The van der Waals surface area contributed by atoms with Crippen molar-refractivity contribution < 1.29 is 9.18 Å². The molecule has 1 aliphatic rings. The van der Waals surface area contributed by atoms with E-state index in [-0.39, 0.29) is 18.4 Å². The quantitative estimate of drug-likeness (QED) is 0.577. The molecule has 2 atom stereocenters. The molecular formula is C22H23ClFN3O. The first kappa shape index (κ1) is 19.0. The van der Waals surface area contributed by atoms with Gasteiger partial charge in [0.15, 0.2) is 0 Å². The Bertz CT molecular complexity index is 934. The molecule has 0 spiro atoms. The van der Waals surface area contributed by atoms with Gasteiger partial charge in [-0.25, -0.2) is 4.39 Å². The van der Waals surface area contributed by atoms with E-state index in [2.05, 4.69) is 33.8 Å². The van der Waals surface area contributed by atoms with E-state index in [1.54, 1.807) is 6.07 Å². The summed E-state index contributed by atoms with van der Waals surface area (Å²) in [6.45, 7) is 0.780. The second-order valence-electron chi connectivity index (χ2n) is 7.49. The van der Waals surface area contributed by atoms with E-state index in [1.807, 2.05) is 12.1 Å². The van der Waals surface area contributed by atoms with Gasteiger partial charge in [0.2, 0.25) is 5.91 Å². The molecule has 0 aliphatic heterocycles. The van der Waals surface area contributed by atoms with Crippen LogP contribution in [0.4, 0.5) is 4.39 Å². The minimum atomic E-state index is -0.419. The van der Waals surface area contributed by atoms with E-state index in [1.165, 1.54) is 17.5 Å². The van der Waals surface area contributed by atoms with Crippen molar-refractivity contribution in [2.24, 2.45) is 0 Å². The lowest BCUT2D eigenvalue weighted by Gasteiger charge is -2.14. The molecular weight excluding hydrogens is 377 g/mol. The second kappa shape index (κ2) is 8.33. The molecule has 146 valence electrons. The number of nitrogens with one attached hydrogen (secondary N) is 3. The third kappa shape index (κ3) is 4.72. The van der Waals surface area contributed by atoms with Crippen LogP contribution in [0.3, 0.4) is 0 Å². The van der Waals surface area contributed by atoms with Gasteiger partial charge in [0.25, 0.3) is 0 Å². The summed E-state index contributed by atoms with van der Waals surface area (Å²) in [5.74, 6) is -0.514. The number of benzene rings is 2. The maximum atomic E-state index is 13.4. The fraction of sp³-hybridized carbons (Fsp3) is 0.318. The SMILES string of the molecule is O=C(Cc1cc(F)cc(Cl)c1)N[C@@H]1CC[C@H](NCc2cc3ccccc3[nH]2)C1. The molecule has 0 radical (unpaired) electrons. The molecule has 1 aliphatic carbocycles. The monoisotopic (exact) mass is 399 g/mol. The van der Waals surface area contributed by atoms with E-state index < -0.39 is 5.82 Å². The molecule has 4 nitrogen and oxygen atoms in total. The van der Waals surface area contributed by atoms with Crippen LogP contribution >= 0.6 is 11.6 Å². The normalized spacial score (nSPS) is 19.2. The number of rotatable bonds is 6. The Morgan fingerprint density at radius 1 is 1.14 bits per heavy atom. The minimum Gasteiger partial charge on any atom is -0.357 e. The smallest absolute Gasteiger partial charge is 0.224 e. The van der Waals surface area contributed by atoms with Crippen LogP contribution in [0, 0.1) is 5.82 Å². The van der Waals surface area contributed by atoms with Gasteiger partial charge in [-0.2, -0.15) is 0 Å². The highest BCUT2D eigenvalue weighted by molar-refractivity contribution is 6.30. The Morgan fingerprint density at radius 3 is 2.79 bits per heavy atom. The first-order valence-corrected chi connectivity index (χ1v) is 9.97. The van der Waals surface area contributed by atoms with Crippen LogP contribution in [-0.4, -0.2) is 23.0 Å². The molecule has 1 heterocycles. The van der Waals surface area contributed by atoms with Crippen molar-refractivity contribution in [2.45, 2.75) is 44.3 Å². The Hall–Kier alpha value is -2.37. The zero-order valence-electron chi connectivity index (χ0n) is 15.5. The van der Waals surface area contributed by atoms with E-state index in [0.29, 0.717) is 16.6 Å². The van der Waals surface area contributed by atoms with E-state index in [0.717, 1.165) is 37.0 Å². The molecule has 3 aromatic rings. The van der Waals surface area contributed by atoms with Crippen molar-refractivity contribution in [3.05, 3.63) is 70.6 Å². The number of H-pyrrole nitrogens is 1. The fourth-order valence-corrected chi connectivity index (χ4v) is 4.20. The molecule has 28 heavy (non-hydrogen) atoms. The lowest BCUT2D eigenvalue weighted by Crippen LogP contribution is -2.36. The number of carbonyl (C=O) groups is 1. The van der Waals surface area contributed by atoms with Gasteiger partial charge in [0.05, 0.1) is 6.42 Å². The average Bonchev–Trinajstić information content (AvgIpc) is 3.24. The molecule has 0 unspecified atom stereocenters. The van der Waals surface area contributed by atoms with Crippen LogP contribution < -0.4 is 10.6 Å². The lowest BCUT2D eigenvalue weighted by atomic mass is 10.1. The summed E-state index contributed by atoms with van der Waals surface area (Å²) in [6.07, 6.45) is 3.01. The molecule has 1 amide bonds. The highest BCUT2D eigenvalue weighted by atomic mass is 35.5. The fourth-order valence-electron chi connectivity index (χ4n) is 3.96. The Morgan fingerprint density at radius 2 is 1.96 bits per heavy atom. The van der Waals surface area contributed by atoms with Gasteiger partial charge in [0, 0.05) is 34.9 Å². The summed E-state index contributed by atoms with van der Waals surface area (Å²) in [5.41, 5.74) is 2.90. The predicted molar refractivity (Wildman–Crippen MR) is 110 cm³/mol. The van der Waals surface area contributed by atoms with E-state index in [4.69, 9.17) is 11.6 Å². The predicted octanol–water partition coefficient (Wildman–Crippen LogP) is 4.33. The van der Waals surface area contributed by atoms with E-state index >= 15 is 0 Å². The minimum absolute atomic E-state index is 0.0945. The summed E-state index contributed by atoms with van der Waals surface area (Å²) in [6, 6.07) is 15.1. The van der Waals surface area contributed by atoms with Gasteiger partial charge in [-0.1, -0.05) is 29.8 Å². The van der Waals surface area contributed by atoms with Gasteiger partial charge in [-0.05, 0) is 60.5 Å². The summed E-state index contributed by atoms with van der Waals surface area (Å²) >= 11 is 5.85. The number of hydrogen-bond acceptors (Lipinski definition) is 2. The van der Waals surface area contributed by atoms with Crippen LogP contribution in [0.15, 0.2) is 48.5 Å². The number of para-hydroxylation sites is 1. The number of hydrogen-bond donors (Lipinski definition) is 3. The van der Waals surface area contributed by atoms with Gasteiger partial charge in [-0.3, -0.25) is 4.79 Å². The van der Waals surface area contributed by atoms with Crippen LogP contribution in [-0.2, 0) is 17.8 Å². The number of carbonyl (C=O) groups excluding carboxylic acids is 1. The molecule has 1 aromatic heterocycles. The van der Waals surface area contributed by atoms with E-state index in [9.17, 15) is 9.18 Å². The molecule has 2 aromatic carbocycles. The molecule has 6 heteroatoms. The van der Waals surface area contributed by atoms with Crippen molar-refractivity contribution in [3.63, 3.8) is 0 Å². The molecule has 1 saturated carbocycles. The highest BCUT2D eigenvalue weighted by Gasteiger charge is 2.25. The Balaban J connectivity index is 1.25.